The third-order valence-electron chi connectivity index (χ3n) is 4.97. The Balaban J connectivity index is -0.00000392. The van der Waals surface area contributed by atoms with E-state index in [1.807, 2.05) is 0 Å². The fourth-order valence-corrected chi connectivity index (χ4v) is 3.87. The van der Waals surface area contributed by atoms with Crippen molar-refractivity contribution < 1.29 is 91.9 Å². The number of carbonyl (C=O) groups excluding carboxylic acids is 2. The molecule has 1 N–H and O–H groups in total. The number of aliphatic carboxylic acids is 2. The summed E-state index contributed by atoms with van der Waals surface area (Å²) in [6.45, 7) is 2.20. The average Bonchev–Trinajstić information content (AvgIpc) is 2.62. The van der Waals surface area contributed by atoms with Crippen molar-refractivity contribution in [1.82, 2.24) is 0 Å². The Morgan fingerprint density at radius 1 is 0.645 bits per heavy atom. The van der Waals surface area contributed by atoms with Crippen LogP contribution in [-0.4, -0.2) is 30.7 Å². The summed E-state index contributed by atoms with van der Waals surface area (Å²) < 4.78 is 30.1. The molecule has 0 aliphatic rings. The van der Waals surface area contributed by atoms with Gasteiger partial charge in [-0.05, 0) is 43.3 Å². The maximum atomic E-state index is 11.4. The molecule has 0 aromatic heterocycles. The van der Waals surface area contributed by atoms with Gasteiger partial charge in [0.2, 0.25) is 0 Å². The van der Waals surface area contributed by atoms with Gasteiger partial charge in [-0.15, -0.1) is 0 Å². The third-order valence-corrected chi connectivity index (χ3v) is 5.77. The molecule has 7 nitrogen and oxygen atoms in total. The molecule has 0 bridgehead atoms. The molecule has 0 unspecified atom stereocenters. The molecule has 0 rings (SSSR count). The first-order valence-corrected chi connectivity index (χ1v) is 12.4. The van der Waals surface area contributed by atoms with Crippen LogP contribution < -0.4 is 69.3 Å². The Hall–Kier alpha value is 0.590. The fraction of sp³-hybridized carbons (Fsp3) is 0.810. The minimum absolute atomic E-state index is 0. The Labute approximate surface area is 232 Å². The van der Waals surface area contributed by atoms with Gasteiger partial charge in [-0.1, -0.05) is 71.1 Å². The van der Waals surface area contributed by atoms with Gasteiger partial charge in [0.1, 0.15) is 0 Å². The van der Waals surface area contributed by atoms with E-state index in [1.54, 1.807) is 0 Å². The molecule has 0 amide bonds. The summed E-state index contributed by atoms with van der Waals surface area (Å²) in [5.41, 5.74) is -0.611. The Kier molecular flexibility index (Phi) is 26.1. The summed E-state index contributed by atoms with van der Waals surface area (Å²) in [6.07, 6.45) is 12.3. The molecule has 10 heteroatoms. The monoisotopic (exact) mass is 478 g/mol. The Morgan fingerprint density at radius 2 is 0.968 bits per heavy atom. The quantitative estimate of drug-likeness (QED) is 0.0883. The van der Waals surface area contributed by atoms with E-state index in [0.29, 0.717) is 6.42 Å². The molecule has 0 spiro atoms. The van der Waals surface area contributed by atoms with E-state index in [4.69, 9.17) is 4.55 Å². The van der Waals surface area contributed by atoms with Crippen LogP contribution in [-0.2, 0) is 19.7 Å². The van der Waals surface area contributed by atoms with Gasteiger partial charge in [-0.25, -0.2) is 0 Å². The second kappa shape index (κ2) is 22.4. The summed E-state index contributed by atoms with van der Waals surface area (Å²) in [4.78, 5) is 22.7. The van der Waals surface area contributed by atoms with Gasteiger partial charge in [0.25, 0.3) is 10.1 Å². The van der Waals surface area contributed by atoms with Gasteiger partial charge in [0.05, 0.1) is 17.7 Å². The van der Waals surface area contributed by atoms with Gasteiger partial charge in [-0.2, -0.15) is 8.42 Å². The largest absolute Gasteiger partial charge is 1.00 e. The first-order chi connectivity index (χ1) is 13.7. The number of unbranched alkanes of at least 4 members (excludes halogenated alkanes) is 11. The standard InChI is InChI=1S/C21H38O7S.2Na/c1-2-3-4-5-6-7-8-9-10-11-12-15-18(20(22)23)19(21(24)25)16-13-14-17-29(26,27)28;;/h2-17H2,1H3,(H,22,23)(H,24,25)(H,26,27,28);;/q;2*+1/p-2. The molecule has 170 valence electrons. The molecule has 0 saturated carbocycles. The molecule has 0 aliphatic heterocycles. The SMILES string of the molecule is CCCCCCCCCCCCCC(C(=O)[O-])=C(CCCCS(=O)(=O)O)C(=O)[O-].[Na+].[Na+]. The van der Waals surface area contributed by atoms with Gasteiger partial charge in [-0.3, -0.25) is 4.55 Å². The maximum Gasteiger partial charge on any atom is 1.00 e. The van der Waals surface area contributed by atoms with Crippen LogP contribution in [0.25, 0.3) is 0 Å². The van der Waals surface area contributed by atoms with Crippen molar-refractivity contribution >= 4 is 22.1 Å². The van der Waals surface area contributed by atoms with Crippen molar-refractivity contribution in [3.05, 3.63) is 11.1 Å². The summed E-state index contributed by atoms with van der Waals surface area (Å²) in [6, 6.07) is 0. The number of carboxylic acid groups (broad SMARTS) is 2. The molecule has 0 heterocycles. The van der Waals surface area contributed by atoms with Crippen molar-refractivity contribution in [2.24, 2.45) is 0 Å². The predicted octanol–water partition coefficient (Wildman–Crippen LogP) is -3.45. The van der Waals surface area contributed by atoms with Crippen molar-refractivity contribution in [2.45, 2.75) is 103 Å². The van der Waals surface area contributed by atoms with E-state index in [-0.39, 0.29) is 95.9 Å². The zero-order valence-electron chi connectivity index (χ0n) is 19.6. The van der Waals surface area contributed by atoms with E-state index in [0.717, 1.165) is 25.7 Å². The van der Waals surface area contributed by atoms with E-state index in [9.17, 15) is 28.2 Å². The maximum absolute atomic E-state index is 11.4. The third kappa shape index (κ3) is 22.2. The molecule has 0 aromatic carbocycles. The van der Waals surface area contributed by atoms with Crippen molar-refractivity contribution in [2.75, 3.05) is 5.75 Å². The van der Waals surface area contributed by atoms with Crippen LogP contribution >= 0.6 is 0 Å². The topological polar surface area (TPSA) is 135 Å². The van der Waals surface area contributed by atoms with Crippen LogP contribution in [0.5, 0.6) is 0 Å². The normalized spacial score (nSPS) is 11.8. The first kappa shape index (κ1) is 36.2. The van der Waals surface area contributed by atoms with E-state index >= 15 is 0 Å². The summed E-state index contributed by atoms with van der Waals surface area (Å²) in [7, 11) is -4.12. The summed E-state index contributed by atoms with van der Waals surface area (Å²) >= 11 is 0. The van der Waals surface area contributed by atoms with Crippen molar-refractivity contribution in [3.63, 3.8) is 0 Å². The number of hydrogen-bond acceptors (Lipinski definition) is 6. The van der Waals surface area contributed by atoms with Crippen LogP contribution in [0.3, 0.4) is 0 Å². The van der Waals surface area contributed by atoms with Crippen molar-refractivity contribution in [3.8, 4) is 0 Å². The van der Waals surface area contributed by atoms with Gasteiger partial charge >= 0.3 is 59.1 Å². The molecule has 0 fully saturated rings. The zero-order valence-corrected chi connectivity index (χ0v) is 24.4. The van der Waals surface area contributed by atoms with Gasteiger partial charge in [0, 0.05) is 0 Å². The van der Waals surface area contributed by atoms with E-state index < -0.39 is 27.8 Å². The minimum atomic E-state index is -4.12. The van der Waals surface area contributed by atoms with Crippen LogP contribution in [0.4, 0.5) is 0 Å². The molecule has 0 aromatic rings. The summed E-state index contributed by atoms with van der Waals surface area (Å²) in [5.74, 6) is -3.59. The molecule has 0 atom stereocenters. The molecule has 0 radical (unpaired) electrons. The second-order valence-corrected chi connectivity index (χ2v) is 9.13. The smallest absolute Gasteiger partial charge is 0.545 e. The molecule has 0 saturated heterocycles. The number of carbonyl (C=O) groups is 2. The van der Waals surface area contributed by atoms with Crippen LogP contribution in [0.1, 0.15) is 103 Å². The number of rotatable bonds is 19. The average molecular weight is 479 g/mol. The zero-order chi connectivity index (χ0) is 22.1. The van der Waals surface area contributed by atoms with Crippen LogP contribution in [0, 0.1) is 0 Å². The molecule has 31 heavy (non-hydrogen) atoms. The number of carboxylic acids is 2. The van der Waals surface area contributed by atoms with Crippen molar-refractivity contribution in [1.29, 1.82) is 0 Å². The van der Waals surface area contributed by atoms with Gasteiger partial charge in [0.15, 0.2) is 0 Å². The molecular formula is C21H36Na2O7S. The summed E-state index contributed by atoms with van der Waals surface area (Å²) in [5, 5.41) is 22.7. The molecule has 0 aliphatic carbocycles. The molecular weight excluding hydrogens is 442 g/mol. The first-order valence-electron chi connectivity index (χ1n) is 10.8. The van der Waals surface area contributed by atoms with Gasteiger partial charge < -0.3 is 19.8 Å². The van der Waals surface area contributed by atoms with E-state index in [1.165, 1.54) is 38.5 Å². The Morgan fingerprint density at radius 3 is 1.29 bits per heavy atom. The fourth-order valence-electron chi connectivity index (χ4n) is 3.30. The van der Waals surface area contributed by atoms with Crippen LogP contribution in [0.15, 0.2) is 11.1 Å². The predicted molar refractivity (Wildman–Crippen MR) is 108 cm³/mol. The Bertz CT molecular complexity index is 619. The second-order valence-electron chi connectivity index (χ2n) is 7.56. The van der Waals surface area contributed by atoms with Crippen LogP contribution in [0.2, 0.25) is 0 Å². The minimum Gasteiger partial charge on any atom is -0.545 e. The van der Waals surface area contributed by atoms with E-state index in [2.05, 4.69) is 6.92 Å². The number of hydrogen-bond donors (Lipinski definition) is 1.